The van der Waals surface area contributed by atoms with Crippen LogP contribution in [0.3, 0.4) is 0 Å². The predicted molar refractivity (Wildman–Crippen MR) is 70.0 cm³/mol. The van der Waals surface area contributed by atoms with Crippen LogP contribution in [0.5, 0.6) is 5.75 Å². The Bertz CT molecular complexity index is 405. The number of benzene rings is 1. The molecule has 0 unspecified atom stereocenters. The van der Waals surface area contributed by atoms with Crippen LogP contribution in [-0.4, -0.2) is 26.0 Å². The van der Waals surface area contributed by atoms with Crippen molar-refractivity contribution in [2.75, 3.05) is 20.2 Å². The van der Waals surface area contributed by atoms with Crippen LogP contribution in [0.15, 0.2) is 12.1 Å². The fourth-order valence-electron chi connectivity index (χ4n) is 1.61. The van der Waals surface area contributed by atoms with Gasteiger partial charge in [0.1, 0.15) is 11.5 Å². The highest BCUT2D eigenvalue weighted by molar-refractivity contribution is 6.32. The number of carbonyl (C=O) groups is 1. The Morgan fingerprint density at radius 1 is 1.47 bits per heavy atom. The van der Waals surface area contributed by atoms with E-state index in [1.807, 2.05) is 19.1 Å². The highest BCUT2D eigenvalue weighted by Gasteiger charge is 2.06. The number of carbonyl (C=O) groups excluding carboxylic acids is 1. The van der Waals surface area contributed by atoms with Crippen molar-refractivity contribution in [1.29, 1.82) is 0 Å². The summed E-state index contributed by atoms with van der Waals surface area (Å²) in [6, 6.07) is 3.85. The van der Waals surface area contributed by atoms with E-state index in [0.717, 1.165) is 18.5 Å². The van der Waals surface area contributed by atoms with Gasteiger partial charge in [-0.25, -0.2) is 0 Å². The molecule has 0 heterocycles. The van der Waals surface area contributed by atoms with Crippen LogP contribution in [0.2, 0.25) is 5.02 Å². The smallest absolute Gasteiger partial charge is 0.143 e. The average molecular weight is 256 g/mol. The number of nitrogens with one attached hydrogen (secondary N) is 1. The van der Waals surface area contributed by atoms with E-state index in [9.17, 15) is 4.79 Å². The van der Waals surface area contributed by atoms with E-state index in [-0.39, 0.29) is 5.78 Å². The zero-order chi connectivity index (χ0) is 12.8. The van der Waals surface area contributed by atoms with Gasteiger partial charge in [0, 0.05) is 0 Å². The maximum absolute atomic E-state index is 10.8. The van der Waals surface area contributed by atoms with Gasteiger partial charge in [0.15, 0.2) is 0 Å². The maximum atomic E-state index is 10.8. The number of methoxy groups -OCH3 is 1. The van der Waals surface area contributed by atoms with Gasteiger partial charge < -0.3 is 10.1 Å². The number of Topliss-reactive ketones (excluding diaryl/α,β-unsaturated/α-hetero) is 1. The Balaban J connectivity index is 2.59. The first kappa shape index (κ1) is 14.0. The number of ether oxygens (including phenoxy) is 1. The van der Waals surface area contributed by atoms with Crippen molar-refractivity contribution in [3.8, 4) is 5.75 Å². The molecule has 0 saturated heterocycles. The molecule has 0 aliphatic carbocycles. The van der Waals surface area contributed by atoms with Gasteiger partial charge in [-0.1, -0.05) is 11.6 Å². The fraction of sp³-hybridized carbons (Fsp3) is 0.462. The zero-order valence-electron chi connectivity index (χ0n) is 10.5. The van der Waals surface area contributed by atoms with E-state index in [0.29, 0.717) is 17.3 Å². The lowest BCUT2D eigenvalue weighted by molar-refractivity contribution is -0.116. The number of aryl methyl sites for hydroxylation is 1. The minimum atomic E-state index is 0.148. The van der Waals surface area contributed by atoms with E-state index >= 15 is 0 Å². The van der Waals surface area contributed by atoms with Gasteiger partial charge in [-0.3, -0.25) is 4.79 Å². The molecule has 3 nitrogen and oxygen atoms in total. The normalized spacial score (nSPS) is 10.4. The molecule has 0 fully saturated rings. The molecule has 0 aliphatic heterocycles. The molecule has 1 N–H and O–H groups in total. The van der Waals surface area contributed by atoms with E-state index in [2.05, 4.69) is 5.32 Å². The minimum absolute atomic E-state index is 0.148. The third-order valence-corrected chi connectivity index (χ3v) is 2.85. The van der Waals surface area contributed by atoms with E-state index in [4.69, 9.17) is 16.3 Å². The Kier molecular flexibility index (Phi) is 5.45. The van der Waals surface area contributed by atoms with Crippen molar-refractivity contribution in [2.45, 2.75) is 20.3 Å². The van der Waals surface area contributed by atoms with E-state index in [1.54, 1.807) is 14.0 Å². The largest absolute Gasteiger partial charge is 0.495 e. The second-order valence-corrected chi connectivity index (χ2v) is 4.45. The van der Waals surface area contributed by atoms with Crippen LogP contribution in [0, 0.1) is 6.92 Å². The summed E-state index contributed by atoms with van der Waals surface area (Å²) in [6.45, 7) is 4.79. The second-order valence-electron chi connectivity index (χ2n) is 4.04. The fourth-order valence-corrected chi connectivity index (χ4v) is 1.87. The van der Waals surface area contributed by atoms with Gasteiger partial charge in [-0.05, 0) is 50.1 Å². The number of rotatable bonds is 6. The number of hydrogen-bond acceptors (Lipinski definition) is 3. The Hall–Kier alpha value is -1.06. The molecule has 0 spiro atoms. The van der Waals surface area contributed by atoms with Crippen LogP contribution in [-0.2, 0) is 11.2 Å². The molecule has 94 valence electrons. The molecule has 0 bridgehead atoms. The molecule has 17 heavy (non-hydrogen) atoms. The predicted octanol–water partition coefficient (Wildman–Crippen LogP) is 2.38. The molecule has 0 atom stereocenters. The summed E-state index contributed by atoms with van der Waals surface area (Å²) in [5.74, 6) is 0.846. The first-order valence-electron chi connectivity index (χ1n) is 5.57. The summed E-state index contributed by atoms with van der Waals surface area (Å²) < 4.78 is 5.15. The van der Waals surface area contributed by atoms with Crippen LogP contribution in [0.1, 0.15) is 18.1 Å². The van der Waals surface area contributed by atoms with Gasteiger partial charge in [0.25, 0.3) is 0 Å². The summed E-state index contributed by atoms with van der Waals surface area (Å²) in [7, 11) is 1.61. The SMILES string of the molecule is COc1cc(C)c(CCNCC(C)=O)cc1Cl. The van der Waals surface area contributed by atoms with Crippen molar-refractivity contribution in [3.63, 3.8) is 0 Å². The van der Waals surface area contributed by atoms with Crippen LogP contribution < -0.4 is 10.1 Å². The number of halogens is 1. The maximum Gasteiger partial charge on any atom is 0.143 e. The summed E-state index contributed by atoms with van der Waals surface area (Å²) in [6.07, 6.45) is 0.850. The molecular formula is C13H18ClNO2. The molecule has 0 saturated carbocycles. The van der Waals surface area contributed by atoms with Crippen molar-refractivity contribution < 1.29 is 9.53 Å². The minimum Gasteiger partial charge on any atom is -0.495 e. The molecule has 0 radical (unpaired) electrons. The van der Waals surface area contributed by atoms with Crippen molar-refractivity contribution in [1.82, 2.24) is 5.32 Å². The van der Waals surface area contributed by atoms with Crippen LogP contribution in [0.4, 0.5) is 0 Å². The molecule has 0 aliphatic rings. The highest BCUT2D eigenvalue weighted by atomic mass is 35.5. The zero-order valence-corrected chi connectivity index (χ0v) is 11.2. The Labute approximate surface area is 107 Å². The number of hydrogen-bond donors (Lipinski definition) is 1. The Morgan fingerprint density at radius 3 is 2.76 bits per heavy atom. The van der Waals surface area contributed by atoms with Crippen LogP contribution >= 0.6 is 11.6 Å². The molecular weight excluding hydrogens is 238 g/mol. The third-order valence-electron chi connectivity index (χ3n) is 2.56. The van der Waals surface area contributed by atoms with Gasteiger partial charge in [0.2, 0.25) is 0 Å². The summed E-state index contributed by atoms with van der Waals surface area (Å²) >= 11 is 6.07. The van der Waals surface area contributed by atoms with Gasteiger partial charge in [0.05, 0.1) is 18.7 Å². The Morgan fingerprint density at radius 2 is 2.18 bits per heavy atom. The summed E-state index contributed by atoms with van der Waals surface area (Å²) in [4.78, 5) is 10.8. The molecule has 1 rings (SSSR count). The van der Waals surface area contributed by atoms with Crippen molar-refractivity contribution >= 4 is 17.4 Å². The van der Waals surface area contributed by atoms with Gasteiger partial charge in [-0.2, -0.15) is 0 Å². The average Bonchev–Trinajstić information content (AvgIpc) is 2.28. The van der Waals surface area contributed by atoms with Crippen LogP contribution in [0.25, 0.3) is 0 Å². The summed E-state index contributed by atoms with van der Waals surface area (Å²) in [5, 5.41) is 3.71. The molecule has 1 aromatic rings. The first-order valence-corrected chi connectivity index (χ1v) is 5.95. The molecule has 1 aromatic carbocycles. The standard InChI is InChI=1S/C13H18ClNO2/c1-9-6-13(17-3)12(14)7-11(9)4-5-15-8-10(2)16/h6-7,15H,4-5,8H2,1-3H3. The van der Waals surface area contributed by atoms with E-state index < -0.39 is 0 Å². The third kappa shape index (κ3) is 4.36. The van der Waals surface area contributed by atoms with Crippen molar-refractivity contribution in [3.05, 3.63) is 28.3 Å². The molecule has 4 heteroatoms. The van der Waals surface area contributed by atoms with Gasteiger partial charge >= 0.3 is 0 Å². The number of ketones is 1. The highest BCUT2D eigenvalue weighted by Crippen LogP contribution is 2.27. The lowest BCUT2D eigenvalue weighted by atomic mass is 10.1. The lowest BCUT2D eigenvalue weighted by Crippen LogP contribution is -2.23. The topological polar surface area (TPSA) is 38.3 Å². The quantitative estimate of drug-likeness (QED) is 0.794. The lowest BCUT2D eigenvalue weighted by Gasteiger charge is -2.10. The summed E-state index contributed by atoms with van der Waals surface area (Å²) in [5.41, 5.74) is 2.32. The molecule has 0 aromatic heterocycles. The van der Waals surface area contributed by atoms with Crippen molar-refractivity contribution in [2.24, 2.45) is 0 Å². The first-order chi connectivity index (χ1) is 8.04. The van der Waals surface area contributed by atoms with E-state index in [1.165, 1.54) is 5.56 Å². The molecule has 0 amide bonds. The van der Waals surface area contributed by atoms with Gasteiger partial charge in [-0.15, -0.1) is 0 Å². The monoisotopic (exact) mass is 255 g/mol. The second kappa shape index (κ2) is 6.62.